The van der Waals surface area contributed by atoms with Gasteiger partial charge in [0.15, 0.2) is 0 Å². The summed E-state index contributed by atoms with van der Waals surface area (Å²) in [6.07, 6.45) is 3.54. The molecule has 0 aliphatic carbocycles. The van der Waals surface area contributed by atoms with Crippen LogP contribution in [0.2, 0.25) is 0 Å². The van der Waals surface area contributed by atoms with E-state index >= 15 is 0 Å². The first-order valence-electron chi connectivity index (χ1n) is 6.19. The van der Waals surface area contributed by atoms with Gasteiger partial charge in [0.2, 0.25) is 0 Å². The van der Waals surface area contributed by atoms with Crippen LogP contribution in [0.3, 0.4) is 0 Å². The molecule has 5 nitrogen and oxygen atoms in total. The first-order chi connectivity index (χ1) is 7.69. The highest BCUT2D eigenvalue weighted by molar-refractivity contribution is 5.00. The van der Waals surface area contributed by atoms with E-state index < -0.39 is 0 Å². The number of hydrogen-bond acceptors (Lipinski definition) is 5. The van der Waals surface area contributed by atoms with Gasteiger partial charge in [-0.05, 0) is 51.2 Å². The molecule has 0 radical (unpaired) electrons. The minimum Gasteiger partial charge on any atom is -0.376 e. The third-order valence-corrected chi connectivity index (χ3v) is 3.67. The zero-order chi connectivity index (χ0) is 12.0. The Kier molecular flexibility index (Phi) is 5.64. The highest BCUT2D eigenvalue weighted by Crippen LogP contribution is 2.35. The first-order valence-corrected chi connectivity index (χ1v) is 6.19. The van der Waals surface area contributed by atoms with Crippen LogP contribution in [0.5, 0.6) is 0 Å². The molecule has 1 rings (SSSR count). The van der Waals surface area contributed by atoms with Crippen molar-refractivity contribution >= 4 is 0 Å². The lowest BCUT2D eigenvalue weighted by Gasteiger charge is -2.47. The second kappa shape index (κ2) is 6.51. The molecule has 0 bridgehead atoms. The lowest BCUT2D eigenvalue weighted by atomic mass is 9.71. The Bertz CT molecular complexity index is 182. The summed E-state index contributed by atoms with van der Waals surface area (Å²) in [4.78, 5) is 0. The van der Waals surface area contributed by atoms with Crippen molar-refractivity contribution in [3.8, 4) is 0 Å². The van der Waals surface area contributed by atoms with Gasteiger partial charge < -0.3 is 27.7 Å². The molecule has 0 aromatic carbocycles. The summed E-state index contributed by atoms with van der Waals surface area (Å²) < 4.78 is 5.76. The van der Waals surface area contributed by atoms with Crippen LogP contribution >= 0.6 is 0 Å². The summed E-state index contributed by atoms with van der Waals surface area (Å²) in [5.74, 6) is 0.409. The van der Waals surface area contributed by atoms with Crippen LogP contribution in [-0.2, 0) is 4.74 Å². The van der Waals surface area contributed by atoms with E-state index in [1.165, 1.54) is 0 Å². The molecule has 1 heterocycles. The van der Waals surface area contributed by atoms with Crippen LogP contribution in [0, 0.1) is 5.92 Å². The minimum absolute atomic E-state index is 0.0337. The molecule has 1 aliphatic rings. The van der Waals surface area contributed by atoms with E-state index in [1.54, 1.807) is 0 Å². The monoisotopic (exact) mass is 230 g/mol. The zero-order valence-corrected chi connectivity index (χ0v) is 10.0. The minimum atomic E-state index is -0.342. The molecule has 0 aromatic rings. The second-order valence-corrected chi connectivity index (χ2v) is 4.65. The standard InChI is InChI=1S/C11H26N4O/c12-5-1-9-3-8-16-10(2-6-13)11(9,15)4-7-14/h9-10H,1-8,12-15H2/t9-,10?,11-/m0/s1. The van der Waals surface area contributed by atoms with Crippen LogP contribution in [0.25, 0.3) is 0 Å². The van der Waals surface area contributed by atoms with Gasteiger partial charge in [-0.1, -0.05) is 0 Å². The van der Waals surface area contributed by atoms with Crippen molar-refractivity contribution in [2.45, 2.75) is 37.3 Å². The molecule has 8 N–H and O–H groups in total. The van der Waals surface area contributed by atoms with Crippen LogP contribution in [0.1, 0.15) is 25.7 Å². The van der Waals surface area contributed by atoms with E-state index in [0.29, 0.717) is 25.6 Å². The number of hydrogen-bond donors (Lipinski definition) is 4. The van der Waals surface area contributed by atoms with Crippen LogP contribution in [0.15, 0.2) is 0 Å². The van der Waals surface area contributed by atoms with Crippen LogP contribution in [-0.4, -0.2) is 37.9 Å². The molecular formula is C11H26N4O. The Morgan fingerprint density at radius 2 is 1.75 bits per heavy atom. The maximum atomic E-state index is 6.51. The normalized spacial score (nSPS) is 35.2. The fourth-order valence-electron chi connectivity index (χ4n) is 2.77. The summed E-state index contributed by atoms with van der Waals surface area (Å²) in [7, 11) is 0. The summed E-state index contributed by atoms with van der Waals surface area (Å²) in [6, 6.07) is 0. The van der Waals surface area contributed by atoms with Gasteiger partial charge in [-0.2, -0.15) is 0 Å². The fourth-order valence-corrected chi connectivity index (χ4v) is 2.77. The molecule has 1 saturated heterocycles. The molecule has 5 heteroatoms. The van der Waals surface area contributed by atoms with Crippen molar-refractivity contribution in [1.29, 1.82) is 0 Å². The molecule has 1 fully saturated rings. The van der Waals surface area contributed by atoms with Crippen molar-refractivity contribution < 1.29 is 4.74 Å². The molecular weight excluding hydrogens is 204 g/mol. The summed E-state index contributed by atoms with van der Waals surface area (Å²) >= 11 is 0. The molecule has 96 valence electrons. The Morgan fingerprint density at radius 3 is 2.31 bits per heavy atom. The van der Waals surface area contributed by atoms with Gasteiger partial charge in [0.05, 0.1) is 6.10 Å². The maximum absolute atomic E-state index is 6.51. The average molecular weight is 230 g/mol. The average Bonchev–Trinajstić information content (AvgIpc) is 2.25. The predicted octanol–water partition coefficient (Wildman–Crippen LogP) is -0.865. The van der Waals surface area contributed by atoms with Gasteiger partial charge in [-0.25, -0.2) is 0 Å². The van der Waals surface area contributed by atoms with E-state index in [1.807, 2.05) is 0 Å². The van der Waals surface area contributed by atoms with Gasteiger partial charge in [-0.15, -0.1) is 0 Å². The molecule has 0 amide bonds. The van der Waals surface area contributed by atoms with Crippen molar-refractivity contribution in [1.82, 2.24) is 0 Å². The van der Waals surface area contributed by atoms with Gasteiger partial charge in [0.25, 0.3) is 0 Å². The molecule has 0 spiro atoms. The third-order valence-electron chi connectivity index (χ3n) is 3.67. The SMILES string of the molecule is NCCC1OCC[C@H](CCN)[C@@]1(N)CCN. The van der Waals surface area contributed by atoms with Gasteiger partial charge in [0, 0.05) is 12.1 Å². The Labute approximate surface area is 97.9 Å². The van der Waals surface area contributed by atoms with Crippen molar-refractivity contribution in [2.75, 3.05) is 26.2 Å². The van der Waals surface area contributed by atoms with Gasteiger partial charge in [0.1, 0.15) is 0 Å². The third kappa shape index (κ3) is 2.93. The molecule has 0 saturated carbocycles. The number of rotatable bonds is 6. The Hall–Kier alpha value is -0.200. The smallest absolute Gasteiger partial charge is 0.0769 e. The lowest BCUT2D eigenvalue weighted by molar-refractivity contribution is -0.0788. The fraction of sp³-hybridized carbons (Fsp3) is 1.00. The van der Waals surface area contributed by atoms with E-state index in [2.05, 4.69) is 0 Å². The van der Waals surface area contributed by atoms with E-state index in [0.717, 1.165) is 32.3 Å². The predicted molar refractivity (Wildman–Crippen MR) is 65.8 cm³/mol. The Morgan fingerprint density at radius 1 is 1.06 bits per heavy atom. The molecule has 0 aromatic heterocycles. The topological polar surface area (TPSA) is 113 Å². The van der Waals surface area contributed by atoms with Crippen molar-refractivity contribution in [3.05, 3.63) is 0 Å². The summed E-state index contributed by atoms with van der Waals surface area (Å²) in [5.41, 5.74) is 23.1. The zero-order valence-electron chi connectivity index (χ0n) is 10.0. The summed E-state index contributed by atoms with van der Waals surface area (Å²) in [6.45, 7) is 2.62. The quantitative estimate of drug-likeness (QED) is 0.474. The summed E-state index contributed by atoms with van der Waals surface area (Å²) in [5, 5.41) is 0. The molecule has 3 atom stereocenters. The van der Waals surface area contributed by atoms with Crippen LogP contribution in [0.4, 0.5) is 0 Å². The second-order valence-electron chi connectivity index (χ2n) is 4.65. The Balaban J connectivity index is 2.75. The van der Waals surface area contributed by atoms with Crippen molar-refractivity contribution in [3.63, 3.8) is 0 Å². The van der Waals surface area contributed by atoms with Crippen molar-refractivity contribution in [2.24, 2.45) is 28.9 Å². The number of ether oxygens (including phenoxy) is 1. The van der Waals surface area contributed by atoms with Crippen LogP contribution < -0.4 is 22.9 Å². The highest BCUT2D eigenvalue weighted by atomic mass is 16.5. The van der Waals surface area contributed by atoms with Gasteiger partial charge >= 0.3 is 0 Å². The molecule has 1 aliphatic heterocycles. The molecule has 1 unspecified atom stereocenters. The van der Waals surface area contributed by atoms with Gasteiger partial charge in [-0.3, -0.25) is 0 Å². The van der Waals surface area contributed by atoms with E-state index in [-0.39, 0.29) is 11.6 Å². The number of nitrogens with two attached hydrogens (primary N) is 4. The van der Waals surface area contributed by atoms with E-state index in [9.17, 15) is 0 Å². The first kappa shape index (κ1) is 13.9. The lowest BCUT2D eigenvalue weighted by Crippen LogP contribution is -2.62. The van der Waals surface area contributed by atoms with E-state index in [4.69, 9.17) is 27.7 Å². The molecule has 16 heavy (non-hydrogen) atoms. The maximum Gasteiger partial charge on any atom is 0.0769 e. The largest absolute Gasteiger partial charge is 0.376 e. The highest BCUT2D eigenvalue weighted by Gasteiger charge is 2.43.